The number of nitrogens with zero attached hydrogens (tertiary/aromatic N) is 1. The number of halogens is 3. The predicted octanol–water partition coefficient (Wildman–Crippen LogP) is 5.89. The van der Waals surface area contributed by atoms with Crippen molar-refractivity contribution in [2.75, 3.05) is 0 Å². The van der Waals surface area contributed by atoms with Crippen molar-refractivity contribution in [3.63, 3.8) is 0 Å². The maximum Gasteiger partial charge on any atom is 0.416 e. The molecular formula is C31H30F3N3O4S. The number of rotatable bonds is 9. The van der Waals surface area contributed by atoms with Gasteiger partial charge in [-0.3, -0.25) is 9.59 Å². The molecule has 1 saturated carbocycles. The zero-order valence-electron chi connectivity index (χ0n) is 22.8. The first-order chi connectivity index (χ1) is 19.9. The Kier molecular flexibility index (Phi) is 7.89. The fourth-order valence-corrected chi connectivity index (χ4v) is 6.77. The molecule has 3 aromatic carbocycles. The summed E-state index contributed by atoms with van der Waals surface area (Å²) in [5.74, 6) is -0.669. The van der Waals surface area contributed by atoms with E-state index < -0.39 is 33.2 Å². The molecule has 7 nitrogen and oxygen atoms in total. The summed E-state index contributed by atoms with van der Waals surface area (Å²) in [6.45, 7) is 2.31. The van der Waals surface area contributed by atoms with Crippen LogP contribution in [0.4, 0.5) is 13.2 Å². The second-order valence-corrected chi connectivity index (χ2v) is 12.7. The van der Waals surface area contributed by atoms with Crippen molar-refractivity contribution < 1.29 is 31.2 Å². The van der Waals surface area contributed by atoms with Crippen LogP contribution < -0.4 is 10.0 Å². The van der Waals surface area contributed by atoms with E-state index in [-0.39, 0.29) is 30.2 Å². The summed E-state index contributed by atoms with van der Waals surface area (Å²) >= 11 is 0. The number of nitrogens with one attached hydrogen (secondary N) is 2. The fraction of sp³-hybridized carbons (Fsp3) is 0.290. The van der Waals surface area contributed by atoms with E-state index in [1.807, 2.05) is 23.6 Å². The quantitative estimate of drug-likeness (QED) is 0.251. The summed E-state index contributed by atoms with van der Waals surface area (Å²) in [5, 5.41) is 3.92. The molecule has 2 N–H and O–H groups in total. The van der Waals surface area contributed by atoms with Gasteiger partial charge in [0.1, 0.15) is 0 Å². The normalized spacial score (nSPS) is 18.8. The average molecular weight is 598 g/mol. The zero-order valence-corrected chi connectivity index (χ0v) is 23.6. The number of para-hydroxylation sites is 1. The Morgan fingerprint density at radius 3 is 2.29 bits per heavy atom. The van der Waals surface area contributed by atoms with Crippen molar-refractivity contribution in [1.82, 2.24) is 14.6 Å². The van der Waals surface area contributed by atoms with Crippen molar-refractivity contribution in [1.29, 1.82) is 0 Å². The Morgan fingerprint density at radius 2 is 1.64 bits per heavy atom. The van der Waals surface area contributed by atoms with Gasteiger partial charge in [0, 0.05) is 30.1 Å². The molecule has 0 saturated heterocycles. The Morgan fingerprint density at radius 1 is 0.952 bits per heavy atom. The van der Waals surface area contributed by atoms with Gasteiger partial charge in [-0.25, -0.2) is 13.1 Å². The van der Waals surface area contributed by atoms with Crippen LogP contribution in [0, 0.1) is 5.92 Å². The highest BCUT2D eigenvalue weighted by Crippen LogP contribution is 2.41. The number of benzene rings is 3. The van der Waals surface area contributed by atoms with Crippen LogP contribution in [0.15, 0.2) is 90.0 Å². The molecule has 0 spiro atoms. The maximum atomic E-state index is 13.6. The monoisotopic (exact) mass is 597 g/mol. The number of hydrogen-bond acceptors (Lipinski definition) is 4. The number of aromatic nitrogens is 1. The van der Waals surface area contributed by atoms with Crippen molar-refractivity contribution in [3.05, 3.63) is 102 Å². The molecule has 0 atom stereocenters. The van der Waals surface area contributed by atoms with Crippen LogP contribution in [0.5, 0.6) is 0 Å². The van der Waals surface area contributed by atoms with E-state index in [1.165, 1.54) is 24.3 Å². The highest BCUT2D eigenvalue weighted by Gasteiger charge is 2.43. The molecule has 1 aliphatic carbocycles. The zero-order chi connectivity index (χ0) is 30.1. The molecule has 5 rings (SSSR count). The van der Waals surface area contributed by atoms with Crippen LogP contribution in [0.2, 0.25) is 0 Å². The fourth-order valence-electron chi connectivity index (χ4n) is 5.74. The van der Waals surface area contributed by atoms with E-state index in [0.717, 1.165) is 17.5 Å². The van der Waals surface area contributed by atoms with E-state index >= 15 is 0 Å². The van der Waals surface area contributed by atoms with Gasteiger partial charge in [0.05, 0.1) is 21.5 Å². The molecule has 1 heterocycles. The van der Waals surface area contributed by atoms with Gasteiger partial charge >= 0.3 is 6.18 Å². The number of alkyl halides is 3. The van der Waals surface area contributed by atoms with Crippen LogP contribution in [-0.4, -0.2) is 30.3 Å². The summed E-state index contributed by atoms with van der Waals surface area (Å²) < 4.78 is 68.0. The topological polar surface area (TPSA) is 97.3 Å². The van der Waals surface area contributed by atoms with E-state index in [2.05, 4.69) is 10.0 Å². The number of fused-ring (bicyclic) bond motifs is 1. The molecular weight excluding hydrogens is 567 g/mol. The summed E-state index contributed by atoms with van der Waals surface area (Å²) in [4.78, 5) is 26.3. The number of carbonyl (C=O) groups is 2. The molecule has 0 aliphatic heterocycles. The van der Waals surface area contributed by atoms with Crippen molar-refractivity contribution >= 4 is 32.7 Å². The van der Waals surface area contributed by atoms with Gasteiger partial charge in [-0.15, -0.1) is 0 Å². The predicted molar refractivity (Wildman–Crippen MR) is 152 cm³/mol. The Labute approximate surface area is 241 Å². The first kappa shape index (κ1) is 29.4. The highest BCUT2D eigenvalue weighted by atomic mass is 32.2. The first-order valence-corrected chi connectivity index (χ1v) is 15.0. The van der Waals surface area contributed by atoms with E-state index in [1.54, 1.807) is 36.5 Å². The molecule has 0 unspecified atom stereocenters. The SMILES string of the molecule is CC1CC(CCC(=O)NS(=O)(=O)c2ccccc2)(NC(=O)c2cccc3ccn(Cc4ccc(C(F)(F)F)cc4)c23)C1. The van der Waals surface area contributed by atoms with Gasteiger partial charge < -0.3 is 9.88 Å². The van der Waals surface area contributed by atoms with Gasteiger partial charge in [-0.05, 0) is 67.1 Å². The molecule has 0 radical (unpaired) electrons. The Balaban J connectivity index is 1.31. The third kappa shape index (κ3) is 6.35. The number of hydrogen-bond donors (Lipinski definition) is 2. The van der Waals surface area contributed by atoms with E-state index in [4.69, 9.17) is 0 Å². The minimum Gasteiger partial charge on any atom is -0.347 e. The number of sulfonamides is 1. The minimum atomic E-state index is -4.42. The van der Waals surface area contributed by atoms with Crippen LogP contribution >= 0.6 is 0 Å². The molecule has 220 valence electrons. The van der Waals surface area contributed by atoms with Gasteiger partial charge in [0.25, 0.3) is 15.9 Å². The van der Waals surface area contributed by atoms with Crippen LogP contribution in [0.1, 0.15) is 54.1 Å². The molecule has 1 fully saturated rings. The standard InChI is InChI=1S/C31H30F3N3O4S/c1-21-18-30(19-21,16-14-27(38)36-42(40,41)25-7-3-2-4-8-25)35-29(39)26-9-5-6-23-15-17-37(28(23)26)20-22-10-12-24(13-11-22)31(32,33)34/h2-13,15,17,21H,14,16,18-20H2,1H3,(H,35,39)(H,36,38). The number of carbonyl (C=O) groups excluding carboxylic acids is 2. The summed E-state index contributed by atoms with van der Waals surface area (Å²) in [6, 6.07) is 19.7. The second kappa shape index (κ2) is 11.3. The van der Waals surface area contributed by atoms with Crippen LogP contribution in [-0.2, 0) is 27.5 Å². The lowest BCUT2D eigenvalue weighted by atomic mass is 9.66. The van der Waals surface area contributed by atoms with Gasteiger partial charge in [0.2, 0.25) is 5.91 Å². The van der Waals surface area contributed by atoms with Gasteiger partial charge in [0.15, 0.2) is 0 Å². The lowest BCUT2D eigenvalue weighted by Crippen LogP contribution is -2.57. The van der Waals surface area contributed by atoms with Crippen LogP contribution in [0.3, 0.4) is 0 Å². The first-order valence-electron chi connectivity index (χ1n) is 13.5. The maximum absolute atomic E-state index is 13.6. The molecule has 0 bridgehead atoms. The van der Waals surface area contributed by atoms with Gasteiger partial charge in [-0.2, -0.15) is 13.2 Å². The molecule has 1 aromatic heterocycles. The van der Waals surface area contributed by atoms with Crippen molar-refractivity contribution in [2.45, 2.75) is 55.8 Å². The largest absolute Gasteiger partial charge is 0.416 e. The summed E-state index contributed by atoms with van der Waals surface area (Å²) in [5.41, 5.74) is 0.298. The molecule has 42 heavy (non-hydrogen) atoms. The molecule has 2 amide bonds. The molecule has 11 heteroatoms. The van der Waals surface area contributed by atoms with Crippen molar-refractivity contribution in [3.8, 4) is 0 Å². The second-order valence-electron chi connectivity index (χ2n) is 11.0. The highest BCUT2D eigenvalue weighted by molar-refractivity contribution is 7.90. The number of amides is 2. The minimum absolute atomic E-state index is 0.00831. The summed E-state index contributed by atoms with van der Waals surface area (Å²) in [6.07, 6.45) is -1.18. The third-order valence-corrected chi connectivity index (χ3v) is 9.05. The smallest absolute Gasteiger partial charge is 0.347 e. The van der Waals surface area contributed by atoms with Crippen molar-refractivity contribution in [2.24, 2.45) is 5.92 Å². The molecule has 1 aliphatic rings. The Hall–Kier alpha value is -4.12. The average Bonchev–Trinajstić information content (AvgIpc) is 3.34. The molecule has 4 aromatic rings. The summed E-state index contributed by atoms with van der Waals surface area (Å²) in [7, 11) is -4.00. The van der Waals surface area contributed by atoms with Gasteiger partial charge in [-0.1, -0.05) is 49.4 Å². The Bertz CT molecular complexity index is 1710. The lowest BCUT2D eigenvalue weighted by Gasteiger charge is -2.47. The van der Waals surface area contributed by atoms with E-state index in [9.17, 15) is 31.2 Å². The lowest BCUT2D eigenvalue weighted by molar-refractivity contribution is -0.137. The van der Waals surface area contributed by atoms with E-state index in [0.29, 0.717) is 35.4 Å². The van der Waals surface area contributed by atoms with Crippen LogP contribution in [0.25, 0.3) is 10.9 Å². The third-order valence-electron chi connectivity index (χ3n) is 7.66.